The summed E-state index contributed by atoms with van der Waals surface area (Å²) in [6, 6.07) is 6.03. The number of likely N-dealkylation sites (N-methyl/N-ethyl adjacent to an activating group) is 1. The molecular formula is C17H18F2N2O3. The molecule has 0 bridgehead atoms. The van der Waals surface area contributed by atoms with E-state index in [1.54, 1.807) is 32.2 Å². The van der Waals surface area contributed by atoms with Gasteiger partial charge in [-0.2, -0.15) is 8.78 Å². The van der Waals surface area contributed by atoms with Crippen molar-refractivity contribution in [2.75, 3.05) is 7.05 Å². The maximum atomic E-state index is 12.1. The van der Waals surface area contributed by atoms with Gasteiger partial charge >= 0.3 is 6.61 Å². The van der Waals surface area contributed by atoms with Crippen LogP contribution in [0.25, 0.3) is 6.08 Å². The molecule has 0 saturated heterocycles. The molecule has 24 heavy (non-hydrogen) atoms. The number of aromatic nitrogens is 1. The number of ether oxygens (including phenoxy) is 1. The number of carbonyl (C=O) groups is 1. The van der Waals surface area contributed by atoms with Crippen molar-refractivity contribution in [3.63, 3.8) is 0 Å². The molecule has 0 aliphatic rings. The van der Waals surface area contributed by atoms with Crippen molar-refractivity contribution in [2.24, 2.45) is 0 Å². The van der Waals surface area contributed by atoms with E-state index in [2.05, 4.69) is 9.89 Å². The van der Waals surface area contributed by atoms with Gasteiger partial charge in [0.05, 0.1) is 12.2 Å². The van der Waals surface area contributed by atoms with Crippen molar-refractivity contribution < 1.29 is 22.8 Å². The van der Waals surface area contributed by atoms with Crippen LogP contribution in [0.5, 0.6) is 5.75 Å². The van der Waals surface area contributed by atoms with Crippen LogP contribution in [-0.4, -0.2) is 29.6 Å². The number of halogens is 2. The molecule has 0 spiro atoms. The third kappa shape index (κ3) is 4.65. The van der Waals surface area contributed by atoms with E-state index in [9.17, 15) is 13.6 Å². The molecule has 1 heterocycles. The van der Waals surface area contributed by atoms with E-state index < -0.39 is 6.61 Å². The predicted octanol–water partition coefficient (Wildman–Crippen LogP) is 3.56. The summed E-state index contributed by atoms with van der Waals surface area (Å²) in [7, 11) is 1.68. The molecule has 0 atom stereocenters. The van der Waals surface area contributed by atoms with Gasteiger partial charge in [0.15, 0.2) is 0 Å². The fraction of sp³-hybridized carbons (Fsp3) is 0.294. The first kappa shape index (κ1) is 17.7. The Bertz CT molecular complexity index is 704. The highest BCUT2D eigenvalue weighted by Gasteiger charge is 2.13. The minimum Gasteiger partial charge on any atom is -0.435 e. The third-order valence-electron chi connectivity index (χ3n) is 3.48. The van der Waals surface area contributed by atoms with Gasteiger partial charge in [0.25, 0.3) is 0 Å². The molecular weight excluding hydrogens is 318 g/mol. The molecule has 1 aromatic heterocycles. The highest BCUT2D eigenvalue weighted by molar-refractivity contribution is 5.91. The van der Waals surface area contributed by atoms with Gasteiger partial charge < -0.3 is 14.2 Å². The van der Waals surface area contributed by atoms with Crippen molar-refractivity contribution in [2.45, 2.75) is 27.0 Å². The lowest BCUT2D eigenvalue weighted by molar-refractivity contribution is -0.125. The second-order valence-corrected chi connectivity index (χ2v) is 5.28. The summed E-state index contributed by atoms with van der Waals surface area (Å²) in [4.78, 5) is 13.7. The van der Waals surface area contributed by atoms with Gasteiger partial charge in [0.1, 0.15) is 11.5 Å². The summed E-state index contributed by atoms with van der Waals surface area (Å²) in [6.07, 6.45) is 3.03. The molecule has 7 heteroatoms. The third-order valence-corrected chi connectivity index (χ3v) is 3.48. The summed E-state index contributed by atoms with van der Waals surface area (Å²) in [6.45, 7) is 1.16. The number of aryl methyl sites for hydroxylation is 2. The van der Waals surface area contributed by atoms with Crippen LogP contribution in [0.2, 0.25) is 0 Å². The minimum absolute atomic E-state index is 0.0732. The Morgan fingerprint density at radius 2 is 2.00 bits per heavy atom. The lowest BCUT2D eigenvalue weighted by Crippen LogP contribution is -2.24. The monoisotopic (exact) mass is 336 g/mol. The molecule has 0 fully saturated rings. The average molecular weight is 336 g/mol. The van der Waals surface area contributed by atoms with Gasteiger partial charge in [0, 0.05) is 18.7 Å². The van der Waals surface area contributed by atoms with Crippen LogP contribution in [0.4, 0.5) is 8.78 Å². The maximum Gasteiger partial charge on any atom is 0.387 e. The molecule has 0 unspecified atom stereocenters. The summed E-state index contributed by atoms with van der Waals surface area (Å²) >= 11 is 0. The molecule has 2 aromatic rings. The van der Waals surface area contributed by atoms with Crippen molar-refractivity contribution >= 4 is 12.0 Å². The SMILES string of the molecule is Cc1noc(C)c1CN(C)C(=O)/C=C/c1ccc(OC(F)F)cc1. The summed E-state index contributed by atoms with van der Waals surface area (Å²) in [5, 5.41) is 3.85. The Hall–Kier alpha value is -2.70. The first-order chi connectivity index (χ1) is 11.4. The van der Waals surface area contributed by atoms with E-state index >= 15 is 0 Å². The zero-order valence-corrected chi connectivity index (χ0v) is 13.6. The van der Waals surface area contributed by atoms with Gasteiger partial charge in [-0.25, -0.2) is 0 Å². The second-order valence-electron chi connectivity index (χ2n) is 5.28. The Balaban J connectivity index is 1.96. The summed E-state index contributed by atoms with van der Waals surface area (Å²) in [5.74, 6) is 0.567. The van der Waals surface area contributed by atoms with Crippen molar-refractivity contribution in [1.82, 2.24) is 10.1 Å². The Morgan fingerprint density at radius 3 is 2.54 bits per heavy atom. The van der Waals surface area contributed by atoms with Crippen molar-refractivity contribution in [1.29, 1.82) is 0 Å². The van der Waals surface area contributed by atoms with Crippen LogP contribution in [0.3, 0.4) is 0 Å². The first-order valence-corrected chi connectivity index (χ1v) is 7.26. The number of alkyl halides is 2. The smallest absolute Gasteiger partial charge is 0.387 e. The number of carbonyl (C=O) groups excluding carboxylic acids is 1. The van der Waals surface area contributed by atoms with Crippen LogP contribution < -0.4 is 4.74 Å². The number of benzene rings is 1. The van der Waals surface area contributed by atoms with Crippen LogP contribution >= 0.6 is 0 Å². The van der Waals surface area contributed by atoms with Gasteiger partial charge in [0.2, 0.25) is 5.91 Å². The number of nitrogens with zero attached hydrogens (tertiary/aromatic N) is 2. The Labute approximate surface area is 138 Å². The normalized spacial score (nSPS) is 11.2. The Morgan fingerprint density at radius 1 is 1.33 bits per heavy atom. The van der Waals surface area contributed by atoms with Crippen LogP contribution in [0.15, 0.2) is 34.9 Å². The van der Waals surface area contributed by atoms with E-state index in [-0.39, 0.29) is 11.7 Å². The topological polar surface area (TPSA) is 55.6 Å². The predicted molar refractivity (Wildman–Crippen MR) is 84.6 cm³/mol. The second kappa shape index (κ2) is 7.72. The van der Waals surface area contributed by atoms with E-state index in [1.165, 1.54) is 23.1 Å². The van der Waals surface area contributed by atoms with Crippen LogP contribution in [0.1, 0.15) is 22.6 Å². The molecule has 0 N–H and O–H groups in total. The van der Waals surface area contributed by atoms with Crippen molar-refractivity contribution in [3.8, 4) is 5.75 Å². The number of amides is 1. The molecule has 128 valence electrons. The molecule has 0 aliphatic heterocycles. The molecule has 2 rings (SSSR count). The maximum absolute atomic E-state index is 12.1. The number of rotatable bonds is 6. The molecule has 0 saturated carbocycles. The summed E-state index contributed by atoms with van der Waals surface area (Å²) < 4.78 is 33.5. The zero-order chi connectivity index (χ0) is 17.7. The van der Waals surface area contributed by atoms with Crippen LogP contribution in [0, 0.1) is 13.8 Å². The number of hydrogen-bond donors (Lipinski definition) is 0. The minimum atomic E-state index is -2.86. The lowest BCUT2D eigenvalue weighted by Gasteiger charge is -2.14. The van der Waals surface area contributed by atoms with E-state index in [1.807, 2.05) is 6.92 Å². The van der Waals surface area contributed by atoms with Gasteiger partial charge in [-0.3, -0.25) is 4.79 Å². The molecule has 0 aliphatic carbocycles. The largest absolute Gasteiger partial charge is 0.435 e. The molecule has 1 aromatic carbocycles. The standard InChI is InChI=1S/C17H18F2N2O3/c1-11-15(12(2)24-20-11)10-21(3)16(22)9-6-13-4-7-14(8-5-13)23-17(18)19/h4-9,17H,10H2,1-3H3/b9-6+. The molecule has 1 amide bonds. The average Bonchev–Trinajstić information content (AvgIpc) is 2.85. The fourth-order valence-electron chi connectivity index (χ4n) is 2.10. The van der Waals surface area contributed by atoms with Gasteiger partial charge in [-0.1, -0.05) is 17.3 Å². The van der Waals surface area contributed by atoms with E-state index in [0.29, 0.717) is 17.9 Å². The Kier molecular flexibility index (Phi) is 5.68. The zero-order valence-electron chi connectivity index (χ0n) is 13.6. The van der Waals surface area contributed by atoms with Crippen LogP contribution in [-0.2, 0) is 11.3 Å². The van der Waals surface area contributed by atoms with E-state index in [4.69, 9.17) is 4.52 Å². The first-order valence-electron chi connectivity index (χ1n) is 7.26. The van der Waals surface area contributed by atoms with Gasteiger partial charge in [-0.15, -0.1) is 0 Å². The highest BCUT2D eigenvalue weighted by Crippen LogP contribution is 2.16. The van der Waals surface area contributed by atoms with Gasteiger partial charge in [-0.05, 0) is 37.6 Å². The quantitative estimate of drug-likeness (QED) is 0.757. The highest BCUT2D eigenvalue weighted by atomic mass is 19.3. The summed E-state index contributed by atoms with van der Waals surface area (Å²) in [5.41, 5.74) is 2.34. The molecule has 5 nitrogen and oxygen atoms in total. The fourth-order valence-corrected chi connectivity index (χ4v) is 2.10. The molecule has 0 radical (unpaired) electrons. The van der Waals surface area contributed by atoms with E-state index in [0.717, 1.165) is 11.3 Å². The lowest BCUT2D eigenvalue weighted by atomic mass is 10.2. The number of hydrogen-bond acceptors (Lipinski definition) is 4. The van der Waals surface area contributed by atoms with Crippen molar-refractivity contribution in [3.05, 3.63) is 52.9 Å².